The average molecular weight is 453 g/mol. The number of ketones is 1. The molecule has 3 rings (SSSR count). The maximum Gasteiger partial charge on any atom is 0.261 e. The molecule has 1 N–H and O–H groups in total. The van der Waals surface area contributed by atoms with E-state index in [0.29, 0.717) is 6.73 Å². The first-order chi connectivity index (χ1) is 15.1. The smallest absolute Gasteiger partial charge is 0.261 e. The van der Waals surface area contributed by atoms with Crippen molar-refractivity contribution < 1.29 is 19.4 Å². The van der Waals surface area contributed by atoms with Gasteiger partial charge in [0.05, 0.1) is 12.1 Å². The number of aromatic nitrogens is 1. The van der Waals surface area contributed by atoms with E-state index in [1.807, 2.05) is 25.1 Å². The van der Waals surface area contributed by atoms with Gasteiger partial charge in [-0.15, -0.1) is 0 Å². The number of fused-ring (bicyclic) bond motifs is 1. The molecule has 2 heterocycles. The minimum atomic E-state index is -1.13. The van der Waals surface area contributed by atoms with Crippen LogP contribution in [0.3, 0.4) is 0 Å². The Morgan fingerprint density at radius 2 is 1.91 bits per heavy atom. The topological polar surface area (TPSA) is 71.8 Å². The number of carbonyl (C=O) groups excluding carboxylic acids is 2. The number of para-hydroxylation sites is 1. The summed E-state index contributed by atoms with van der Waals surface area (Å²) in [5.74, 6) is -1.11. The lowest BCUT2D eigenvalue weighted by Crippen LogP contribution is -2.21. The van der Waals surface area contributed by atoms with Crippen LogP contribution in [0.15, 0.2) is 59.5 Å². The molecule has 0 unspecified atom stereocenters. The highest BCUT2D eigenvalue weighted by Crippen LogP contribution is 2.24. The van der Waals surface area contributed by atoms with Crippen LogP contribution in [0, 0.1) is 0 Å². The van der Waals surface area contributed by atoms with Crippen LogP contribution < -0.4 is 0 Å². The van der Waals surface area contributed by atoms with Gasteiger partial charge in [-0.3, -0.25) is 9.59 Å². The van der Waals surface area contributed by atoms with Crippen molar-refractivity contribution in [3.05, 3.63) is 65.1 Å². The standard InChI is InChI=1S/C25H32N2O4Si/c1-18(10-11-22(28)24-23(29)16-26(2)25(24)30)14-19-15-27(17-31-12-13-32(3,4)5)21-9-7-6-8-20(19)21/h6-11,14-15,28H,12-13,16-17H2,1-5H3/b11-10+,18-14+,24-22-. The van der Waals surface area contributed by atoms with Crippen LogP contribution in [0.5, 0.6) is 0 Å². The number of rotatable bonds is 8. The zero-order valence-corrected chi connectivity index (χ0v) is 20.5. The molecule has 0 spiro atoms. The van der Waals surface area contributed by atoms with Crippen molar-refractivity contribution in [3.63, 3.8) is 0 Å². The van der Waals surface area contributed by atoms with E-state index >= 15 is 0 Å². The van der Waals surface area contributed by atoms with Crippen LogP contribution in [0.4, 0.5) is 0 Å². The predicted octanol–water partition coefficient (Wildman–Crippen LogP) is 4.77. The van der Waals surface area contributed by atoms with E-state index in [1.54, 1.807) is 13.1 Å². The Labute approximate surface area is 190 Å². The number of likely N-dealkylation sites (N-methyl/N-ethyl adjacent to an activating group) is 1. The minimum Gasteiger partial charge on any atom is -0.507 e. The highest BCUT2D eigenvalue weighted by atomic mass is 28.3. The van der Waals surface area contributed by atoms with Gasteiger partial charge in [-0.25, -0.2) is 0 Å². The lowest BCUT2D eigenvalue weighted by Gasteiger charge is -2.15. The van der Waals surface area contributed by atoms with Gasteiger partial charge < -0.3 is 19.3 Å². The van der Waals surface area contributed by atoms with Gasteiger partial charge in [0, 0.05) is 38.9 Å². The van der Waals surface area contributed by atoms with Crippen molar-refractivity contribution in [2.45, 2.75) is 39.3 Å². The highest BCUT2D eigenvalue weighted by molar-refractivity contribution is 6.76. The summed E-state index contributed by atoms with van der Waals surface area (Å²) in [5, 5.41) is 11.4. The Kier molecular flexibility index (Phi) is 7.21. The Morgan fingerprint density at radius 1 is 1.19 bits per heavy atom. The first kappa shape index (κ1) is 23.8. The number of likely N-dealkylation sites (tertiary alicyclic amines) is 1. The monoisotopic (exact) mass is 452 g/mol. The number of benzene rings is 1. The van der Waals surface area contributed by atoms with Crippen LogP contribution in [0.25, 0.3) is 17.0 Å². The molecule has 1 aliphatic heterocycles. The van der Waals surface area contributed by atoms with Gasteiger partial charge in [0.25, 0.3) is 5.91 Å². The Balaban J connectivity index is 1.79. The third-order valence-electron chi connectivity index (χ3n) is 5.41. The lowest BCUT2D eigenvalue weighted by atomic mass is 10.1. The van der Waals surface area contributed by atoms with Crippen molar-refractivity contribution >= 4 is 36.7 Å². The fourth-order valence-corrected chi connectivity index (χ4v) is 4.31. The number of carbonyl (C=O) groups is 2. The van der Waals surface area contributed by atoms with Crippen LogP contribution in [0.1, 0.15) is 12.5 Å². The van der Waals surface area contributed by atoms with Crippen molar-refractivity contribution in [1.29, 1.82) is 0 Å². The molecule has 32 heavy (non-hydrogen) atoms. The summed E-state index contributed by atoms with van der Waals surface area (Å²) in [6, 6.07) is 9.29. The quantitative estimate of drug-likeness (QED) is 0.156. The fourth-order valence-electron chi connectivity index (χ4n) is 3.55. The first-order valence-electron chi connectivity index (χ1n) is 10.8. The molecular weight excluding hydrogens is 420 g/mol. The molecule has 0 atom stereocenters. The van der Waals surface area contributed by atoms with Crippen LogP contribution in [0.2, 0.25) is 25.7 Å². The number of aliphatic hydroxyl groups is 1. The van der Waals surface area contributed by atoms with E-state index < -0.39 is 14.0 Å². The number of amides is 1. The predicted molar refractivity (Wildman–Crippen MR) is 131 cm³/mol. The Bertz CT molecular complexity index is 1120. The van der Waals surface area contributed by atoms with E-state index in [-0.39, 0.29) is 23.7 Å². The van der Waals surface area contributed by atoms with Gasteiger partial charge in [0.1, 0.15) is 18.1 Å². The number of ether oxygens (including phenoxy) is 1. The maximum atomic E-state index is 12.0. The van der Waals surface area contributed by atoms with Crippen molar-refractivity contribution in [1.82, 2.24) is 9.47 Å². The van der Waals surface area contributed by atoms with E-state index in [1.165, 1.54) is 11.0 Å². The number of Topliss-reactive ketones (excluding diaryl/α,β-unsaturated/α-hetero) is 1. The van der Waals surface area contributed by atoms with Gasteiger partial charge in [-0.05, 0) is 31.2 Å². The summed E-state index contributed by atoms with van der Waals surface area (Å²) < 4.78 is 8.05. The summed E-state index contributed by atoms with van der Waals surface area (Å²) >= 11 is 0. The second kappa shape index (κ2) is 9.71. The molecule has 2 aromatic rings. The molecule has 0 saturated carbocycles. The summed E-state index contributed by atoms with van der Waals surface area (Å²) in [6.07, 6.45) is 7.19. The Morgan fingerprint density at radius 3 is 2.56 bits per heavy atom. The SMILES string of the molecule is CC(/C=C/C(O)=C1\C(=O)CN(C)C1=O)=C\c1cn(COCC[Si](C)(C)C)c2ccccc12. The van der Waals surface area contributed by atoms with Crippen LogP contribution in [-0.2, 0) is 21.1 Å². The summed E-state index contributed by atoms with van der Waals surface area (Å²) in [5.41, 5.74) is 2.87. The zero-order chi connectivity index (χ0) is 23.5. The average Bonchev–Trinajstić information content (AvgIpc) is 3.19. The van der Waals surface area contributed by atoms with E-state index in [0.717, 1.165) is 34.7 Å². The third kappa shape index (κ3) is 5.66. The first-order valence-corrected chi connectivity index (χ1v) is 14.5. The van der Waals surface area contributed by atoms with Gasteiger partial charge in [-0.2, -0.15) is 0 Å². The largest absolute Gasteiger partial charge is 0.507 e. The van der Waals surface area contributed by atoms with E-state index in [2.05, 4.69) is 42.5 Å². The second-order valence-corrected chi connectivity index (χ2v) is 15.1. The molecule has 1 amide bonds. The molecule has 1 aromatic carbocycles. The van der Waals surface area contributed by atoms with Crippen LogP contribution >= 0.6 is 0 Å². The normalized spacial score (nSPS) is 17.3. The molecule has 0 bridgehead atoms. The molecule has 0 aliphatic carbocycles. The Hall–Kier alpha value is -2.90. The number of nitrogens with zero attached hydrogens (tertiary/aromatic N) is 2. The highest BCUT2D eigenvalue weighted by Gasteiger charge is 2.33. The molecule has 1 saturated heterocycles. The maximum absolute atomic E-state index is 12.0. The minimum absolute atomic E-state index is 0.000401. The fraction of sp³-hybridized carbons (Fsp3) is 0.360. The lowest BCUT2D eigenvalue weighted by molar-refractivity contribution is -0.123. The van der Waals surface area contributed by atoms with E-state index in [9.17, 15) is 14.7 Å². The summed E-state index contributed by atoms with van der Waals surface area (Å²) in [7, 11) is 0.415. The van der Waals surface area contributed by atoms with Crippen molar-refractivity contribution in [2.75, 3.05) is 20.2 Å². The third-order valence-corrected chi connectivity index (χ3v) is 7.11. The second-order valence-electron chi connectivity index (χ2n) is 9.49. The molecule has 1 fully saturated rings. The number of hydrogen-bond donors (Lipinski definition) is 1. The summed E-state index contributed by atoms with van der Waals surface area (Å²) in [4.78, 5) is 25.3. The van der Waals surface area contributed by atoms with Gasteiger partial charge in [0.15, 0.2) is 5.78 Å². The van der Waals surface area contributed by atoms with Gasteiger partial charge in [0.2, 0.25) is 0 Å². The van der Waals surface area contributed by atoms with E-state index in [4.69, 9.17) is 4.74 Å². The molecular formula is C25H32N2O4Si. The summed E-state index contributed by atoms with van der Waals surface area (Å²) in [6.45, 7) is 10.2. The van der Waals surface area contributed by atoms with Gasteiger partial charge in [-0.1, -0.05) is 49.5 Å². The van der Waals surface area contributed by atoms with Crippen molar-refractivity contribution in [2.24, 2.45) is 0 Å². The molecule has 7 heteroatoms. The number of hydrogen-bond acceptors (Lipinski definition) is 4. The van der Waals surface area contributed by atoms with Crippen LogP contribution in [-0.4, -0.2) is 54.5 Å². The molecule has 1 aliphatic rings. The number of aliphatic hydroxyl groups excluding tert-OH is 1. The van der Waals surface area contributed by atoms with Crippen molar-refractivity contribution in [3.8, 4) is 0 Å². The number of allylic oxidation sites excluding steroid dienone is 3. The molecule has 1 aromatic heterocycles. The zero-order valence-electron chi connectivity index (χ0n) is 19.5. The molecule has 6 nitrogen and oxygen atoms in total. The molecule has 170 valence electrons. The van der Waals surface area contributed by atoms with Gasteiger partial charge >= 0.3 is 0 Å². The molecule has 0 radical (unpaired) electrons.